The molecule has 3 aromatic carbocycles. The smallest absolute Gasteiger partial charge is 0.305 e. The van der Waals surface area contributed by atoms with E-state index in [1.165, 1.54) is 4.41 Å². The van der Waals surface area contributed by atoms with E-state index in [-0.39, 0.29) is 6.42 Å². The minimum Gasteiger partial charge on any atom is -0.481 e. The van der Waals surface area contributed by atoms with Gasteiger partial charge in [-0.3, -0.25) is 14.1 Å². The number of piperazine rings is 1. The van der Waals surface area contributed by atoms with Crippen LogP contribution in [0.1, 0.15) is 34.8 Å². The Morgan fingerprint density at radius 1 is 1.03 bits per heavy atom. The van der Waals surface area contributed by atoms with Gasteiger partial charge in [0.15, 0.2) is 0 Å². The molecule has 0 saturated carbocycles. The molecule has 10 heteroatoms. The van der Waals surface area contributed by atoms with Crippen LogP contribution in [0.5, 0.6) is 0 Å². The minimum absolute atomic E-state index is 0.220. The largest absolute Gasteiger partial charge is 0.481 e. The van der Waals surface area contributed by atoms with Gasteiger partial charge in [0, 0.05) is 54.6 Å². The number of amides is 1. The van der Waals surface area contributed by atoms with Gasteiger partial charge >= 0.3 is 5.97 Å². The average Bonchev–Trinajstić information content (AvgIpc) is 2.87. The lowest BCUT2D eigenvalue weighted by Gasteiger charge is -2.41. The SMILES string of the molecule is CC(CC(=O)O)N(N1CCN(c2ccc(C#Cc3ccc4c(C(N)=O)cccc4c3)cc2)CC1)S(=O)O. The highest BCUT2D eigenvalue weighted by Gasteiger charge is 2.30. The van der Waals surface area contributed by atoms with Gasteiger partial charge in [0.25, 0.3) is 0 Å². The highest BCUT2D eigenvalue weighted by molar-refractivity contribution is 7.76. The zero-order valence-electron chi connectivity index (χ0n) is 20.3. The number of anilines is 1. The summed E-state index contributed by atoms with van der Waals surface area (Å²) in [7, 11) is 0. The molecule has 0 aromatic heterocycles. The van der Waals surface area contributed by atoms with E-state index in [9.17, 15) is 18.4 Å². The average molecular weight is 521 g/mol. The second-order valence-corrected chi connectivity index (χ2v) is 9.66. The van der Waals surface area contributed by atoms with Crippen LogP contribution in [-0.4, -0.2) is 67.4 Å². The van der Waals surface area contributed by atoms with E-state index in [1.807, 2.05) is 48.5 Å². The molecule has 192 valence electrons. The maximum Gasteiger partial charge on any atom is 0.305 e. The highest BCUT2D eigenvalue weighted by atomic mass is 32.2. The van der Waals surface area contributed by atoms with Gasteiger partial charge in [-0.05, 0) is 60.2 Å². The number of benzene rings is 3. The molecular formula is C27H28N4O5S. The second-order valence-electron chi connectivity index (χ2n) is 8.82. The Kier molecular flexibility index (Phi) is 8.21. The molecule has 4 N–H and O–H groups in total. The predicted octanol–water partition coefficient (Wildman–Crippen LogP) is 2.68. The summed E-state index contributed by atoms with van der Waals surface area (Å²) in [6.07, 6.45) is -0.220. The van der Waals surface area contributed by atoms with Crippen LogP contribution >= 0.6 is 0 Å². The number of primary amides is 1. The molecule has 0 spiro atoms. The summed E-state index contributed by atoms with van der Waals surface area (Å²) < 4.78 is 22.8. The molecule has 0 aliphatic carbocycles. The van der Waals surface area contributed by atoms with Crippen LogP contribution in [0.4, 0.5) is 5.69 Å². The number of carboxylic acids is 1. The van der Waals surface area contributed by atoms with E-state index < -0.39 is 29.2 Å². The van der Waals surface area contributed by atoms with Crippen molar-refractivity contribution >= 4 is 39.6 Å². The number of rotatable bonds is 7. The standard InChI is InChI=1S/C27H28N4O5S/c1-19(17-26(32)33)31(37(35)36)30-15-13-29(14-16-30)23-10-7-20(8-11-23)5-6-21-9-12-24-22(18-21)3-2-4-25(24)27(28)34/h2-4,7-12,18-19H,13-17H2,1H3,(H2,28,34)(H,32,33)(H,35,36). The van der Waals surface area contributed by atoms with Crippen molar-refractivity contribution in [1.29, 1.82) is 0 Å². The lowest BCUT2D eigenvalue weighted by molar-refractivity contribution is -0.139. The molecule has 3 aromatic rings. The normalized spacial score (nSPS) is 15.7. The molecule has 2 atom stereocenters. The van der Waals surface area contributed by atoms with Gasteiger partial charge in [-0.2, -0.15) is 0 Å². The van der Waals surface area contributed by atoms with Crippen LogP contribution in [0.2, 0.25) is 0 Å². The number of hydrogen-bond donors (Lipinski definition) is 3. The fraction of sp³-hybridized carbons (Fsp3) is 0.259. The van der Waals surface area contributed by atoms with Crippen molar-refractivity contribution in [3.63, 3.8) is 0 Å². The Morgan fingerprint density at radius 3 is 2.30 bits per heavy atom. The van der Waals surface area contributed by atoms with E-state index in [0.29, 0.717) is 31.7 Å². The van der Waals surface area contributed by atoms with E-state index in [1.54, 1.807) is 24.1 Å². The summed E-state index contributed by atoms with van der Waals surface area (Å²) >= 11 is -2.29. The molecule has 9 nitrogen and oxygen atoms in total. The van der Waals surface area contributed by atoms with E-state index >= 15 is 0 Å². The van der Waals surface area contributed by atoms with E-state index in [0.717, 1.165) is 27.6 Å². The molecule has 1 aliphatic rings. The van der Waals surface area contributed by atoms with Gasteiger partial charge in [-0.25, -0.2) is 9.22 Å². The first kappa shape index (κ1) is 26.3. The molecule has 1 heterocycles. The maximum absolute atomic E-state index is 11.8. The Labute approximate surface area is 217 Å². The van der Waals surface area contributed by atoms with Crippen LogP contribution in [-0.2, 0) is 16.1 Å². The van der Waals surface area contributed by atoms with Crippen molar-refractivity contribution in [2.75, 3.05) is 31.1 Å². The molecule has 1 amide bonds. The monoisotopic (exact) mass is 520 g/mol. The number of aliphatic carboxylic acids is 1. The number of carbonyl (C=O) groups excluding carboxylic acids is 1. The minimum atomic E-state index is -2.29. The number of fused-ring (bicyclic) bond motifs is 1. The summed E-state index contributed by atoms with van der Waals surface area (Å²) in [6, 6.07) is 18.4. The third-order valence-electron chi connectivity index (χ3n) is 6.27. The summed E-state index contributed by atoms with van der Waals surface area (Å²) in [5, 5.41) is 12.5. The quantitative estimate of drug-likeness (QED) is 0.323. The van der Waals surface area contributed by atoms with Crippen molar-refractivity contribution in [3.05, 3.63) is 77.4 Å². The van der Waals surface area contributed by atoms with Crippen LogP contribution in [0.3, 0.4) is 0 Å². The number of carbonyl (C=O) groups is 2. The van der Waals surface area contributed by atoms with Gasteiger partial charge in [-0.1, -0.05) is 30.0 Å². The van der Waals surface area contributed by atoms with Crippen LogP contribution in [0.25, 0.3) is 10.8 Å². The molecule has 0 bridgehead atoms. The van der Waals surface area contributed by atoms with Crippen LogP contribution in [0, 0.1) is 11.8 Å². The van der Waals surface area contributed by atoms with Crippen molar-refractivity contribution in [3.8, 4) is 11.8 Å². The first-order valence-corrected chi connectivity index (χ1v) is 12.9. The van der Waals surface area contributed by atoms with E-state index in [2.05, 4.69) is 16.7 Å². The lowest BCUT2D eigenvalue weighted by Crippen LogP contribution is -2.57. The summed E-state index contributed by atoms with van der Waals surface area (Å²) in [6.45, 7) is 3.88. The molecule has 1 aliphatic heterocycles. The van der Waals surface area contributed by atoms with Crippen LogP contribution < -0.4 is 10.6 Å². The number of nitrogens with zero attached hydrogens (tertiary/aromatic N) is 3. The molecule has 1 fully saturated rings. The third kappa shape index (κ3) is 6.34. The Hall–Kier alpha value is -3.75. The number of hydrazine groups is 1. The maximum atomic E-state index is 11.8. The number of carboxylic acid groups (broad SMARTS) is 1. The predicted molar refractivity (Wildman–Crippen MR) is 143 cm³/mol. The zero-order valence-corrected chi connectivity index (χ0v) is 21.1. The summed E-state index contributed by atoms with van der Waals surface area (Å²) in [5.74, 6) is 4.87. The first-order valence-electron chi connectivity index (χ1n) is 11.8. The summed E-state index contributed by atoms with van der Waals surface area (Å²) in [4.78, 5) is 24.8. The number of nitrogens with two attached hydrogens (primary N) is 1. The van der Waals surface area contributed by atoms with Crippen molar-refractivity contribution in [2.45, 2.75) is 19.4 Å². The van der Waals surface area contributed by atoms with Crippen LogP contribution in [0.15, 0.2) is 60.7 Å². The molecule has 37 heavy (non-hydrogen) atoms. The Morgan fingerprint density at radius 2 is 1.68 bits per heavy atom. The molecule has 2 unspecified atom stereocenters. The third-order valence-corrected chi connectivity index (χ3v) is 7.18. The second kappa shape index (κ2) is 11.5. The van der Waals surface area contributed by atoms with Gasteiger partial charge in [0.05, 0.1) is 6.42 Å². The van der Waals surface area contributed by atoms with Crippen molar-refractivity contribution in [2.24, 2.45) is 5.73 Å². The topological polar surface area (TPSA) is 127 Å². The van der Waals surface area contributed by atoms with E-state index in [4.69, 9.17) is 10.8 Å². The summed E-state index contributed by atoms with van der Waals surface area (Å²) in [5.41, 5.74) is 8.66. The van der Waals surface area contributed by atoms with Gasteiger partial charge in [-0.15, -0.1) is 4.41 Å². The molecule has 4 rings (SSSR count). The first-order chi connectivity index (χ1) is 17.7. The molecular weight excluding hydrogens is 492 g/mol. The Bertz CT molecular complexity index is 1390. The fourth-order valence-electron chi connectivity index (χ4n) is 4.49. The zero-order chi connectivity index (χ0) is 26.5. The molecule has 1 saturated heterocycles. The van der Waals surface area contributed by atoms with Gasteiger partial charge < -0.3 is 15.7 Å². The Balaban J connectivity index is 1.40. The van der Waals surface area contributed by atoms with Gasteiger partial charge in [0.1, 0.15) is 0 Å². The van der Waals surface area contributed by atoms with Crippen molar-refractivity contribution in [1.82, 2.24) is 9.42 Å². The highest BCUT2D eigenvalue weighted by Crippen LogP contribution is 2.21. The number of hydrogen-bond acceptors (Lipinski definition) is 5. The fourth-order valence-corrected chi connectivity index (χ4v) is 5.23. The van der Waals surface area contributed by atoms with Gasteiger partial charge in [0.2, 0.25) is 17.2 Å². The molecule has 0 radical (unpaired) electrons. The van der Waals surface area contributed by atoms with Crippen molar-refractivity contribution < 1.29 is 23.5 Å². The lowest BCUT2D eigenvalue weighted by atomic mass is 10.0.